The molecule has 116 valence electrons. The molecule has 0 spiro atoms. The molecular weight excluding hydrogens is 250 g/mol. The molecule has 0 aromatic rings. The van der Waals surface area contributed by atoms with Gasteiger partial charge in [0.25, 0.3) is 0 Å². The maximum absolute atomic E-state index is 12.0. The van der Waals surface area contributed by atoms with Crippen LogP contribution in [0.15, 0.2) is 0 Å². The van der Waals surface area contributed by atoms with E-state index in [0.717, 1.165) is 32.1 Å². The lowest BCUT2D eigenvalue weighted by molar-refractivity contribution is -0.136. The zero-order chi connectivity index (χ0) is 14.7. The van der Waals surface area contributed by atoms with Crippen LogP contribution in [0.4, 0.5) is 0 Å². The largest absolute Gasteiger partial charge is 0.340 e. The highest BCUT2D eigenvalue weighted by atomic mass is 16.2. The predicted octanol–water partition coefficient (Wildman–Crippen LogP) is 1.52. The van der Waals surface area contributed by atoms with E-state index in [2.05, 4.69) is 23.6 Å². The predicted molar refractivity (Wildman–Crippen MR) is 82.7 cm³/mol. The lowest BCUT2D eigenvalue weighted by Gasteiger charge is -2.36. The fourth-order valence-corrected chi connectivity index (χ4v) is 3.36. The molecule has 1 amide bonds. The molecule has 4 heteroatoms. The lowest BCUT2D eigenvalue weighted by Crippen LogP contribution is -2.50. The van der Waals surface area contributed by atoms with Crippen LogP contribution in [0.3, 0.4) is 0 Å². The van der Waals surface area contributed by atoms with Gasteiger partial charge in [-0.3, -0.25) is 9.69 Å². The molecule has 2 rings (SSSR count). The van der Waals surface area contributed by atoms with Crippen LogP contribution >= 0.6 is 0 Å². The van der Waals surface area contributed by atoms with Gasteiger partial charge in [-0.15, -0.1) is 0 Å². The molecule has 2 fully saturated rings. The smallest absolute Gasteiger partial charge is 0.225 e. The molecule has 0 N–H and O–H groups in total. The number of hydrogen-bond donors (Lipinski definition) is 0. The molecule has 2 aliphatic heterocycles. The number of piperazine rings is 1. The Morgan fingerprint density at radius 3 is 2.20 bits per heavy atom. The Bertz CT molecular complexity index is 322. The van der Waals surface area contributed by atoms with Crippen molar-refractivity contribution < 1.29 is 4.79 Å². The summed E-state index contributed by atoms with van der Waals surface area (Å²) in [5.74, 6) is 1.28. The Balaban J connectivity index is 1.71. The topological polar surface area (TPSA) is 26.8 Å². The van der Waals surface area contributed by atoms with Gasteiger partial charge in [-0.05, 0) is 32.7 Å². The first-order chi connectivity index (χ1) is 9.47. The summed E-state index contributed by atoms with van der Waals surface area (Å²) >= 11 is 0. The maximum Gasteiger partial charge on any atom is 0.225 e. The molecule has 0 aromatic heterocycles. The van der Waals surface area contributed by atoms with E-state index in [1.165, 1.54) is 26.1 Å². The summed E-state index contributed by atoms with van der Waals surface area (Å²) in [6.45, 7) is 16.2. The summed E-state index contributed by atoms with van der Waals surface area (Å²) in [6, 6.07) is 0.681. The Hall–Kier alpha value is -0.610. The molecule has 4 nitrogen and oxygen atoms in total. The summed E-state index contributed by atoms with van der Waals surface area (Å²) in [6.07, 6.45) is 1.34. The van der Waals surface area contributed by atoms with E-state index in [4.69, 9.17) is 0 Å². The van der Waals surface area contributed by atoms with Crippen LogP contribution < -0.4 is 0 Å². The third-order valence-electron chi connectivity index (χ3n) is 4.74. The minimum atomic E-state index is 0.135. The van der Waals surface area contributed by atoms with Crippen LogP contribution in [-0.2, 0) is 4.79 Å². The van der Waals surface area contributed by atoms with Crippen molar-refractivity contribution in [3.05, 3.63) is 0 Å². The van der Waals surface area contributed by atoms with Crippen molar-refractivity contribution in [2.24, 2.45) is 11.8 Å². The zero-order valence-electron chi connectivity index (χ0n) is 13.6. The highest BCUT2D eigenvalue weighted by molar-refractivity contribution is 5.78. The molecule has 2 saturated heterocycles. The van der Waals surface area contributed by atoms with Crippen molar-refractivity contribution in [1.82, 2.24) is 14.7 Å². The first kappa shape index (κ1) is 15.8. The minimum Gasteiger partial charge on any atom is -0.340 e. The normalized spacial score (nSPS) is 25.9. The molecule has 2 heterocycles. The van der Waals surface area contributed by atoms with E-state index in [9.17, 15) is 4.79 Å². The third-order valence-corrected chi connectivity index (χ3v) is 4.74. The van der Waals surface area contributed by atoms with Gasteiger partial charge >= 0.3 is 0 Å². The molecule has 1 atom stereocenters. The third kappa shape index (κ3) is 3.95. The monoisotopic (exact) mass is 281 g/mol. The fourth-order valence-electron chi connectivity index (χ4n) is 3.36. The molecule has 0 radical (unpaired) electrons. The molecule has 0 unspecified atom stereocenters. The number of likely N-dealkylation sites (tertiary alicyclic amines) is 1. The van der Waals surface area contributed by atoms with E-state index in [0.29, 0.717) is 11.9 Å². The number of rotatable bonds is 4. The van der Waals surface area contributed by atoms with Crippen LogP contribution in [0, 0.1) is 11.8 Å². The van der Waals surface area contributed by atoms with Gasteiger partial charge in [0.05, 0.1) is 0 Å². The minimum absolute atomic E-state index is 0.135. The average Bonchev–Trinajstić information content (AvgIpc) is 2.87. The van der Waals surface area contributed by atoms with Crippen molar-refractivity contribution in [2.45, 2.75) is 40.2 Å². The van der Waals surface area contributed by atoms with E-state index in [1.807, 2.05) is 18.7 Å². The van der Waals surface area contributed by atoms with E-state index >= 15 is 0 Å². The van der Waals surface area contributed by atoms with Gasteiger partial charge in [0.1, 0.15) is 0 Å². The van der Waals surface area contributed by atoms with E-state index in [1.54, 1.807) is 0 Å². The van der Waals surface area contributed by atoms with Crippen LogP contribution in [0.2, 0.25) is 0 Å². The number of hydrogen-bond acceptors (Lipinski definition) is 3. The second-order valence-electron chi connectivity index (χ2n) is 7.02. The lowest BCUT2D eigenvalue weighted by atomic mass is 10.1. The Morgan fingerprint density at radius 1 is 1.05 bits per heavy atom. The zero-order valence-corrected chi connectivity index (χ0v) is 13.6. The number of nitrogens with zero attached hydrogens (tertiary/aromatic N) is 3. The van der Waals surface area contributed by atoms with E-state index in [-0.39, 0.29) is 5.92 Å². The van der Waals surface area contributed by atoms with Crippen LogP contribution in [0.5, 0.6) is 0 Å². The SMILES string of the molecule is CC(C)C(=O)N1CCN(C[C@@H]2CCN(C(C)C)C2)CC1. The summed E-state index contributed by atoms with van der Waals surface area (Å²) in [4.78, 5) is 19.1. The van der Waals surface area contributed by atoms with Crippen molar-refractivity contribution in [3.63, 3.8) is 0 Å². The number of carbonyl (C=O) groups is 1. The number of carbonyl (C=O) groups excluding carboxylic acids is 1. The van der Waals surface area contributed by atoms with Crippen molar-refractivity contribution in [1.29, 1.82) is 0 Å². The second kappa shape index (κ2) is 6.90. The summed E-state index contributed by atoms with van der Waals surface area (Å²) in [5.41, 5.74) is 0. The first-order valence-electron chi connectivity index (χ1n) is 8.22. The maximum atomic E-state index is 12.0. The summed E-state index contributed by atoms with van der Waals surface area (Å²) < 4.78 is 0. The van der Waals surface area contributed by atoms with Crippen LogP contribution in [0.25, 0.3) is 0 Å². The molecule has 0 bridgehead atoms. The highest BCUT2D eigenvalue weighted by Gasteiger charge is 2.28. The molecule has 0 aromatic carbocycles. The highest BCUT2D eigenvalue weighted by Crippen LogP contribution is 2.20. The van der Waals surface area contributed by atoms with Crippen LogP contribution in [0.1, 0.15) is 34.1 Å². The standard InChI is InChI=1S/C16H31N3O/c1-13(2)16(20)18-9-7-17(8-10-18)11-15-5-6-19(12-15)14(3)4/h13-15H,5-12H2,1-4H3/t15-/m0/s1. The second-order valence-corrected chi connectivity index (χ2v) is 7.02. The van der Waals surface area contributed by atoms with E-state index < -0.39 is 0 Å². The Morgan fingerprint density at radius 2 is 1.70 bits per heavy atom. The Kier molecular flexibility index (Phi) is 5.44. The quantitative estimate of drug-likeness (QED) is 0.782. The van der Waals surface area contributed by atoms with Gasteiger partial charge in [0.2, 0.25) is 5.91 Å². The first-order valence-corrected chi connectivity index (χ1v) is 8.22. The van der Waals surface area contributed by atoms with Gasteiger partial charge in [-0.25, -0.2) is 0 Å². The molecule has 0 aliphatic carbocycles. The van der Waals surface area contributed by atoms with Gasteiger partial charge in [0.15, 0.2) is 0 Å². The van der Waals surface area contributed by atoms with Gasteiger partial charge in [-0.2, -0.15) is 0 Å². The molecular formula is C16H31N3O. The van der Waals surface area contributed by atoms with Gasteiger partial charge in [0, 0.05) is 51.2 Å². The molecule has 0 saturated carbocycles. The molecule has 20 heavy (non-hydrogen) atoms. The van der Waals surface area contributed by atoms with Crippen molar-refractivity contribution in [2.75, 3.05) is 45.8 Å². The Labute approximate surface area is 124 Å². The van der Waals surface area contributed by atoms with Crippen LogP contribution in [-0.4, -0.2) is 72.5 Å². The van der Waals surface area contributed by atoms with Gasteiger partial charge < -0.3 is 9.80 Å². The molecule has 2 aliphatic rings. The van der Waals surface area contributed by atoms with Crippen molar-refractivity contribution >= 4 is 5.91 Å². The fraction of sp³-hybridized carbons (Fsp3) is 0.938. The van der Waals surface area contributed by atoms with Gasteiger partial charge in [-0.1, -0.05) is 13.8 Å². The van der Waals surface area contributed by atoms with Crippen molar-refractivity contribution in [3.8, 4) is 0 Å². The summed E-state index contributed by atoms with van der Waals surface area (Å²) in [5, 5.41) is 0. The average molecular weight is 281 g/mol. The number of amides is 1. The summed E-state index contributed by atoms with van der Waals surface area (Å²) in [7, 11) is 0.